The molecule has 0 aliphatic heterocycles. The second-order valence-electron chi connectivity index (χ2n) is 1.89. The third kappa shape index (κ3) is 1650. The summed E-state index contributed by atoms with van der Waals surface area (Å²) in [5.74, 6) is 0. The summed E-state index contributed by atoms with van der Waals surface area (Å²) in [6, 6.07) is 0. The summed E-state index contributed by atoms with van der Waals surface area (Å²) in [4.78, 5) is 0. The number of rotatable bonds is 0. The van der Waals surface area contributed by atoms with Crippen LogP contribution in [0.1, 0.15) is 0 Å². The molecule has 0 saturated carbocycles. The zero-order chi connectivity index (χ0) is 22.5. The molecule has 0 rings (SSSR count). The van der Waals surface area contributed by atoms with Crippen molar-refractivity contribution in [3.05, 3.63) is 0 Å². The Morgan fingerprint density at radius 1 is 0.250 bits per heavy atom. The van der Waals surface area contributed by atoms with Crippen LogP contribution >= 0.6 is 0 Å². The molecule has 0 saturated heterocycles. The standard InChI is InChI=1S/5ClHO4.K.Ti.Zr/c5*2-1(3,4)5;;;/h5*(H,2,3,4,5);;;/q;;;;;+1;;+4/p-5. The van der Waals surface area contributed by atoms with E-state index in [1.807, 2.05) is 0 Å². The zero-order valence-corrected chi connectivity index (χ0v) is 23.0. The molecule has 0 amide bonds. The van der Waals surface area contributed by atoms with Crippen LogP contribution < -0.4 is 145 Å². The molecule has 0 aliphatic rings. The first-order valence-electron chi connectivity index (χ1n) is 3.09. The van der Waals surface area contributed by atoms with Gasteiger partial charge in [0, 0.05) is 21.7 Å². The van der Waals surface area contributed by atoms with E-state index in [4.69, 9.17) is 93.2 Å². The summed E-state index contributed by atoms with van der Waals surface area (Å²) >= 11 is 0. The molecule has 0 radical (unpaired) electrons. The van der Waals surface area contributed by atoms with Crippen molar-refractivity contribution in [2.24, 2.45) is 0 Å². The van der Waals surface area contributed by atoms with Crippen molar-refractivity contribution in [1.29, 1.82) is 0 Å². The summed E-state index contributed by atoms with van der Waals surface area (Å²) in [6.45, 7) is 0. The van der Waals surface area contributed by atoms with Gasteiger partial charge in [0.1, 0.15) is 0 Å². The minimum absolute atomic E-state index is 0. The Bertz CT molecular complexity index is 184. The van der Waals surface area contributed by atoms with Crippen LogP contribution in [0.25, 0.3) is 0 Å². The summed E-state index contributed by atoms with van der Waals surface area (Å²) in [5.41, 5.74) is 0. The van der Waals surface area contributed by atoms with Crippen LogP contribution in [0.2, 0.25) is 0 Å². The average molecular weight is 675 g/mol. The molecular formula is Cl5KO20TiZr. The SMILES string of the molecule is [K+].[O-][Cl+3]([O-])([O-])[O-].[O-][Cl+3]([O-])([O-])[O-].[O-][Cl+3]([O-])([O-])[O-].[O-][Cl+3]([O-])([O-])[O-].[O-][Cl+3]([O-])([O-])[O-].[Ti].[Zr+4]. The van der Waals surface area contributed by atoms with Crippen LogP contribution in [0.4, 0.5) is 0 Å². The largest absolute Gasteiger partial charge is 4.00 e. The predicted molar refractivity (Wildman–Crippen MR) is 0 cm³/mol. The first kappa shape index (κ1) is 53.3. The van der Waals surface area contributed by atoms with E-state index in [0.717, 1.165) is 0 Å². The predicted octanol–water partition coefficient (Wildman–Crippen LogP) is -26.8. The maximum absolute atomic E-state index is 8.49. The van der Waals surface area contributed by atoms with Gasteiger partial charge in [-0.25, -0.2) is 93.2 Å². The van der Waals surface area contributed by atoms with Crippen LogP contribution in [0.15, 0.2) is 0 Å². The second kappa shape index (κ2) is 24.0. The van der Waals surface area contributed by atoms with Gasteiger partial charge in [0.15, 0.2) is 0 Å². The molecule has 0 N–H and O–H groups in total. The van der Waals surface area contributed by atoms with E-state index in [9.17, 15) is 0 Å². The van der Waals surface area contributed by atoms with Crippen molar-refractivity contribution < 1.29 is 244 Å². The molecule has 20 nitrogen and oxygen atoms in total. The third-order valence-corrected chi connectivity index (χ3v) is 0. The summed E-state index contributed by atoms with van der Waals surface area (Å²) in [5, 5.41) is 0. The molecular weight excluding hydrogens is 675 g/mol. The monoisotopic (exact) mass is 672 g/mol. The molecule has 0 unspecified atom stereocenters. The van der Waals surface area contributed by atoms with Crippen molar-refractivity contribution in [2.45, 2.75) is 0 Å². The van der Waals surface area contributed by atoms with Gasteiger partial charge in [0.05, 0.1) is 0 Å². The maximum atomic E-state index is 8.49. The van der Waals surface area contributed by atoms with Crippen molar-refractivity contribution in [1.82, 2.24) is 0 Å². The van der Waals surface area contributed by atoms with Gasteiger partial charge in [-0.2, -0.15) is 0 Å². The topological polar surface area (TPSA) is 461 Å². The van der Waals surface area contributed by atoms with Gasteiger partial charge in [-0.05, 0) is 0 Å². The van der Waals surface area contributed by atoms with E-state index in [1.165, 1.54) is 0 Å². The van der Waals surface area contributed by atoms with Gasteiger partial charge in [-0.15, -0.1) is 51.2 Å². The van der Waals surface area contributed by atoms with Crippen LogP contribution in [0, 0.1) is 51.2 Å². The van der Waals surface area contributed by atoms with Crippen molar-refractivity contribution in [2.75, 3.05) is 0 Å². The van der Waals surface area contributed by atoms with Gasteiger partial charge >= 0.3 is 77.6 Å². The first-order valence-corrected chi connectivity index (χ1v) is 9.26. The fourth-order valence-corrected chi connectivity index (χ4v) is 0. The Morgan fingerprint density at radius 2 is 0.250 bits per heavy atom. The Morgan fingerprint density at radius 3 is 0.250 bits per heavy atom. The fourth-order valence-electron chi connectivity index (χ4n) is 0. The molecule has 164 valence electrons. The molecule has 0 heterocycles. The van der Waals surface area contributed by atoms with Crippen molar-refractivity contribution in [3.8, 4) is 0 Å². The molecule has 28 heavy (non-hydrogen) atoms. The summed E-state index contributed by atoms with van der Waals surface area (Å²) < 4.78 is 170. The molecule has 0 aromatic carbocycles. The molecule has 0 atom stereocenters. The Balaban J connectivity index is -0.0000000290. The molecule has 0 aromatic rings. The van der Waals surface area contributed by atoms with E-state index in [-0.39, 0.29) is 99.3 Å². The van der Waals surface area contributed by atoms with Gasteiger partial charge in [-0.3, -0.25) is 0 Å². The Kier molecular flexibility index (Phi) is 45.7. The summed E-state index contributed by atoms with van der Waals surface area (Å²) in [7, 11) is -24.7. The Labute approximate surface area is 240 Å². The van der Waals surface area contributed by atoms with Crippen LogP contribution in [-0.4, -0.2) is 0 Å². The zero-order valence-electron chi connectivity index (χ0n) is 12.1. The molecule has 0 fully saturated rings. The molecule has 0 aliphatic carbocycles. The molecule has 0 aromatic heterocycles. The van der Waals surface area contributed by atoms with Gasteiger partial charge in [0.25, 0.3) is 0 Å². The Hall–Kier alpha value is 3.88. The summed E-state index contributed by atoms with van der Waals surface area (Å²) in [6.07, 6.45) is 0. The first-order chi connectivity index (χ1) is 10.0. The molecule has 0 bridgehead atoms. The minimum Gasteiger partial charge on any atom is -0.222 e. The second-order valence-corrected chi connectivity index (χ2v) is 5.67. The fraction of sp³-hybridized carbons (Fsp3) is 0. The minimum atomic E-state index is -4.94. The van der Waals surface area contributed by atoms with E-state index >= 15 is 0 Å². The smallest absolute Gasteiger partial charge is 0.222 e. The quantitative estimate of drug-likeness (QED) is 0.215. The van der Waals surface area contributed by atoms with Gasteiger partial charge in [0.2, 0.25) is 0 Å². The van der Waals surface area contributed by atoms with E-state index in [0.29, 0.717) is 0 Å². The van der Waals surface area contributed by atoms with E-state index < -0.39 is 51.2 Å². The van der Waals surface area contributed by atoms with Crippen molar-refractivity contribution >= 4 is 0 Å². The van der Waals surface area contributed by atoms with Crippen LogP contribution in [0.3, 0.4) is 0 Å². The molecule has 0 spiro atoms. The average Bonchev–Trinajstić information content (AvgIpc) is 1.79. The maximum Gasteiger partial charge on any atom is 4.00 e. The number of hydrogen-bond acceptors (Lipinski definition) is 20. The normalized spacial score (nSPS) is 10.7. The van der Waals surface area contributed by atoms with Crippen LogP contribution in [0.5, 0.6) is 0 Å². The van der Waals surface area contributed by atoms with E-state index in [2.05, 4.69) is 0 Å². The third-order valence-electron chi connectivity index (χ3n) is 0. The van der Waals surface area contributed by atoms with Gasteiger partial charge < -0.3 is 0 Å². The number of hydrogen-bond donors (Lipinski definition) is 0. The van der Waals surface area contributed by atoms with Crippen molar-refractivity contribution in [3.63, 3.8) is 0 Å². The van der Waals surface area contributed by atoms with Gasteiger partial charge in [-0.1, -0.05) is 0 Å². The van der Waals surface area contributed by atoms with Crippen LogP contribution in [-0.2, 0) is 47.9 Å². The molecule has 28 heteroatoms. The number of halogens is 5. The van der Waals surface area contributed by atoms with E-state index in [1.54, 1.807) is 0 Å².